The van der Waals surface area contributed by atoms with E-state index in [1.807, 2.05) is 24.3 Å². The normalized spacial score (nSPS) is 30.4. The van der Waals surface area contributed by atoms with Crippen molar-refractivity contribution in [3.8, 4) is 6.07 Å². The van der Waals surface area contributed by atoms with E-state index in [-0.39, 0.29) is 5.41 Å². The van der Waals surface area contributed by atoms with Gasteiger partial charge in [-0.2, -0.15) is 5.26 Å². The Kier molecular flexibility index (Phi) is 1.96. The van der Waals surface area contributed by atoms with Gasteiger partial charge in [0.1, 0.15) is 0 Å². The zero-order valence-corrected chi connectivity index (χ0v) is 8.33. The van der Waals surface area contributed by atoms with Crippen LogP contribution in [0.15, 0.2) is 24.3 Å². The largest absolute Gasteiger partial charge is 0.399 e. The minimum absolute atomic E-state index is 0.229. The number of hydrogen-bond donors (Lipinski definition) is 1. The minimum Gasteiger partial charge on any atom is -0.399 e. The standard InChI is InChI=1S/C12H14N2/c1-9-6-12(7-9,8-13)10-2-4-11(14)5-3-10/h2-5,9H,6-7,14H2,1H3. The summed E-state index contributed by atoms with van der Waals surface area (Å²) < 4.78 is 0. The second kappa shape index (κ2) is 3.02. The van der Waals surface area contributed by atoms with E-state index < -0.39 is 0 Å². The fourth-order valence-corrected chi connectivity index (χ4v) is 2.32. The lowest BCUT2D eigenvalue weighted by Crippen LogP contribution is -2.38. The van der Waals surface area contributed by atoms with Crippen LogP contribution in [-0.4, -0.2) is 0 Å². The molecule has 0 saturated heterocycles. The summed E-state index contributed by atoms with van der Waals surface area (Å²) in [6, 6.07) is 10.1. The van der Waals surface area contributed by atoms with Gasteiger partial charge >= 0.3 is 0 Å². The molecule has 0 aromatic heterocycles. The molecule has 0 amide bonds. The first kappa shape index (κ1) is 9.08. The second-order valence-corrected chi connectivity index (χ2v) is 4.33. The van der Waals surface area contributed by atoms with Gasteiger partial charge in [-0.1, -0.05) is 19.1 Å². The summed E-state index contributed by atoms with van der Waals surface area (Å²) in [4.78, 5) is 0. The number of rotatable bonds is 1. The van der Waals surface area contributed by atoms with Crippen LogP contribution >= 0.6 is 0 Å². The van der Waals surface area contributed by atoms with Gasteiger partial charge in [0, 0.05) is 5.69 Å². The Bertz CT molecular complexity index is 366. The van der Waals surface area contributed by atoms with Gasteiger partial charge in [0.15, 0.2) is 0 Å². The second-order valence-electron chi connectivity index (χ2n) is 4.33. The fraction of sp³-hybridized carbons (Fsp3) is 0.417. The third kappa shape index (κ3) is 1.26. The number of nitrogen functional groups attached to an aromatic ring is 1. The van der Waals surface area contributed by atoms with Crippen molar-refractivity contribution in [1.29, 1.82) is 5.26 Å². The van der Waals surface area contributed by atoms with Gasteiger partial charge in [-0.3, -0.25) is 0 Å². The highest BCUT2D eigenvalue weighted by atomic mass is 14.5. The minimum atomic E-state index is -0.229. The molecule has 0 bridgehead atoms. The van der Waals surface area contributed by atoms with E-state index in [4.69, 9.17) is 5.73 Å². The molecule has 0 radical (unpaired) electrons. The molecule has 1 saturated carbocycles. The quantitative estimate of drug-likeness (QED) is 0.685. The van der Waals surface area contributed by atoms with Crippen LogP contribution in [0.1, 0.15) is 25.3 Å². The van der Waals surface area contributed by atoms with Gasteiger partial charge in [0.2, 0.25) is 0 Å². The average Bonchev–Trinajstić information content (AvgIpc) is 2.14. The van der Waals surface area contributed by atoms with Gasteiger partial charge in [0.05, 0.1) is 11.5 Å². The smallest absolute Gasteiger partial charge is 0.0827 e. The van der Waals surface area contributed by atoms with Crippen molar-refractivity contribution in [2.24, 2.45) is 5.92 Å². The Morgan fingerprint density at radius 1 is 1.36 bits per heavy atom. The van der Waals surface area contributed by atoms with Crippen molar-refractivity contribution in [3.63, 3.8) is 0 Å². The van der Waals surface area contributed by atoms with Gasteiger partial charge < -0.3 is 5.73 Å². The predicted molar refractivity (Wildman–Crippen MR) is 56.5 cm³/mol. The van der Waals surface area contributed by atoms with Crippen LogP contribution in [0, 0.1) is 17.2 Å². The molecule has 2 nitrogen and oxygen atoms in total. The number of anilines is 1. The molecule has 1 aliphatic carbocycles. The highest BCUT2D eigenvalue weighted by molar-refractivity contribution is 5.44. The Balaban J connectivity index is 2.31. The van der Waals surface area contributed by atoms with Crippen molar-refractivity contribution in [3.05, 3.63) is 29.8 Å². The Labute approximate surface area is 84.3 Å². The molecule has 2 heteroatoms. The fourth-order valence-electron chi connectivity index (χ4n) is 2.32. The molecular formula is C12H14N2. The number of nitrogens with zero attached hydrogens (tertiary/aromatic N) is 1. The van der Waals surface area contributed by atoms with Crippen molar-refractivity contribution in [2.45, 2.75) is 25.2 Å². The van der Waals surface area contributed by atoms with Crippen LogP contribution in [0.4, 0.5) is 5.69 Å². The zero-order chi connectivity index (χ0) is 10.2. The number of benzene rings is 1. The lowest BCUT2D eigenvalue weighted by atomic mass is 9.60. The van der Waals surface area contributed by atoms with Crippen molar-refractivity contribution >= 4 is 5.69 Å². The monoisotopic (exact) mass is 186 g/mol. The first-order valence-corrected chi connectivity index (χ1v) is 4.93. The molecule has 72 valence electrons. The molecule has 0 unspecified atom stereocenters. The molecule has 14 heavy (non-hydrogen) atoms. The highest BCUT2D eigenvalue weighted by Gasteiger charge is 2.43. The molecule has 0 spiro atoms. The van der Waals surface area contributed by atoms with Crippen LogP contribution in [0.5, 0.6) is 0 Å². The van der Waals surface area contributed by atoms with Crippen LogP contribution in [-0.2, 0) is 5.41 Å². The van der Waals surface area contributed by atoms with Crippen LogP contribution in [0.2, 0.25) is 0 Å². The maximum absolute atomic E-state index is 9.20. The first-order valence-electron chi connectivity index (χ1n) is 4.93. The SMILES string of the molecule is CC1CC(C#N)(c2ccc(N)cc2)C1. The topological polar surface area (TPSA) is 49.8 Å². The van der Waals surface area contributed by atoms with Gasteiger partial charge in [-0.05, 0) is 36.5 Å². The summed E-state index contributed by atoms with van der Waals surface area (Å²) in [5.41, 5.74) is 7.26. The average molecular weight is 186 g/mol. The molecule has 1 aromatic carbocycles. The summed E-state index contributed by atoms with van der Waals surface area (Å²) >= 11 is 0. The van der Waals surface area contributed by atoms with E-state index in [2.05, 4.69) is 13.0 Å². The molecule has 1 fully saturated rings. The predicted octanol–water partition coefficient (Wildman–Crippen LogP) is 2.46. The Morgan fingerprint density at radius 2 is 1.93 bits per heavy atom. The van der Waals surface area contributed by atoms with E-state index in [1.54, 1.807) is 0 Å². The lowest BCUT2D eigenvalue weighted by Gasteiger charge is -2.41. The van der Waals surface area contributed by atoms with E-state index in [9.17, 15) is 5.26 Å². The van der Waals surface area contributed by atoms with Crippen LogP contribution in [0.3, 0.4) is 0 Å². The van der Waals surface area contributed by atoms with Crippen molar-refractivity contribution in [2.75, 3.05) is 5.73 Å². The maximum Gasteiger partial charge on any atom is 0.0827 e. The number of nitrogens with two attached hydrogens (primary N) is 1. The third-order valence-electron chi connectivity index (χ3n) is 3.07. The highest BCUT2D eigenvalue weighted by Crippen LogP contribution is 2.47. The third-order valence-corrected chi connectivity index (χ3v) is 3.07. The van der Waals surface area contributed by atoms with Gasteiger partial charge in [-0.15, -0.1) is 0 Å². The summed E-state index contributed by atoms with van der Waals surface area (Å²) in [5, 5.41) is 9.20. The number of hydrogen-bond acceptors (Lipinski definition) is 2. The molecule has 0 aliphatic heterocycles. The van der Waals surface area contributed by atoms with Crippen molar-refractivity contribution < 1.29 is 0 Å². The van der Waals surface area contributed by atoms with Crippen LogP contribution in [0.25, 0.3) is 0 Å². The molecular weight excluding hydrogens is 172 g/mol. The van der Waals surface area contributed by atoms with Gasteiger partial charge in [0.25, 0.3) is 0 Å². The maximum atomic E-state index is 9.20. The molecule has 1 aromatic rings. The van der Waals surface area contributed by atoms with E-state index in [1.165, 1.54) is 0 Å². The number of nitriles is 1. The Hall–Kier alpha value is -1.49. The van der Waals surface area contributed by atoms with Crippen LogP contribution < -0.4 is 5.73 Å². The molecule has 2 N–H and O–H groups in total. The summed E-state index contributed by atoms with van der Waals surface area (Å²) in [5.74, 6) is 0.673. The molecule has 1 aliphatic rings. The summed E-state index contributed by atoms with van der Waals surface area (Å²) in [6.45, 7) is 2.19. The summed E-state index contributed by atoms with van der Waals surface area (Å²) in [7, 11) is 0. The van der Waals surface area contributed by atoms with E-state index in [0.717, 1.165) is 24.1 Å². The molecule has 2 rings (SSSR count). The van der Waals surface area contributed by atoms with E-state index in [0.29, 0.717) is 5.92 Å². The Morgan fingerprint density at radius 3 is 2.36 bits per heavy atom. The lowest BCUT2D eigenvalue weighted by molar-refractivity contribution is 0.217. The first-order chi connectivity index (χ1) is 6.66. The van der Waals surface area contributed by atoms with E-state index >= 15 is 0 Å². The molecule has 0 heterocycles. The van der Waals surface area contributed by atoms with Gasteiger partial charge in [-0.25, -0.2) is 0 Å². The zero-order valence-electron chi connectivity index (χ0n) is 8.33. The summed E-state index contributed by atoms with van der Waals surface area (Å²) in [6.07, 6.45) is 1.96. The molecule has 0 atom stereocenters. The van der Waals surface area contributed by atoms with Crippen molar-refractivity contribution in [1.82, 2.24) is 0 Å².